The molecule has 1 heterocycles. The Morgan fingerprint density at radius 2 is 1.95 bits per heavy atom. The molecule has 126 valence electrons. The van der Waals surface area contributed by atoms with Crippen LogP contribution in [0.1, 0.15) is 47.0 Å². The molecule has 1 saturated carbocycles. The van der Waals surface area contributed by atoms with Gasteiger partial charge in [0.05, 0.1) is 5.75 Å². The molecule has 2 aliphatic rings. The summed E-state index contributed by atoms with van der Waals surface area (Å²) in [4.78, 5) is 23.2. The van der Waals surface area contributed by atoms with Crippen LogP contribution in [0.3, 0.4) is 0 Å². The lowest BCUT2D eigenvalue weighted by Gasteiger charge is -2.37. The number of esters is 2. The van der Waals surface area contributed by atoms with Crippen LogP contribution in [0.2, 0.25) is 0 Å². The first kappa shape index (κ1) is 17.6. The predicted octanol–water partition coefficient (Wildman–Crippen LogP) is 2.97. The van der Waals surface area contributed by atoms with Gasteiger partial charge in [-0.05, 0) is 30.6 Å². The molecule has 0 radical (unpaired) electrons. The van der Waals surface area contributed by atoms with Crippen molar-refractivity contribution in [2.45, 2.75) is 64.8 Å². The van der Waals surface area contributed by atoms with Crippen molar-refractivity contribution in [2.75, 3.05) is 5.75 Å². The van der Waals surface area contributed by atoms with E-state index in [1.54, 1.807) is 0 Å². The quantitative estimate of drug-likeness (QED) is 0.739. The van der Waals surface area contributed by atoms with Gasteiger partial charge in [-0.2, -0.15) is 0 Å². The molecule has 2 rings (SSSR count). The molecule has 6 heteroatoms. The summed E-state index contributed by atoms with van der Waals surface area (Å²) in [6.07, 6.45) is 2.53. The van der Waals surface area contributed by atoms with Crippen LogP contribution in [0, 0.1) is 17.8 Å². The molecular weight excluding hydrogens is 304 g/mol. The highest BCUT2D eigenvalue weighted by Crippen LogP contribution is 2.36. The van der Waals surface area contributed by atoms with Gasteiger partial charge in [0.2, 0.25) is 11.7 Å². The van der Waals surface area contributed by atoms with E-state index >= 15 is 0 Å². The molecule has 0 amide bonds. The van der Waals surface area contributed by atoms with E-state index in [0.29, 0.717) is 23.5 Å². The second-order valence-corrected chi connectivity index (χ2v) is 7.74. The number of carbonyl (C=O) groups excluding carboxylic acids is 2. The fourth-order valence-corrected chi connectivity index (χ4v) is 4.08. The zero-order chi connectivity index (χ0) is 16.3. The van der Waals surface area contributed by atoms with Crippen molar-refractivity contribution in [1.82, 2.24) is 0 Å². The largest absolute Gasteiger partial charge is 0.459 e. The molecule has 0 N–H and O–H groups in total. The average Bonchev–Trinajstić information content (AvgIpc) is 2.86. The summed E-state index contributed by atoms with van der Waals surface area (Å²) in [6.45, 7) is 7.89. The lowest BCUT2D eigenvalue weighted by atomic mass is 9.75. The Balaban J connectivity index is 1.88. The molecule has 2 unspecified atom stereocenters. The molecular formula is C16H26O5S. The first-order valence-corrected chi connectivity index (χ1v) is 9.06. The van der Waals surface area contributed by atoms with E-state index in [0.717, 1.165) is 12.8 Å². The summed E-state index contributed by atoms with van der Waals surface area (Å²) in [7, 11) is 0. The first-order chi connectivity index (χ1) is 10.4. The van der Waals surface area contributed by atoms with Gasteiger partial charge in [-0.3, -0.25) is 4.79 Å². The fourth-order valence-electron chi connectivity index (χ4n) is 3.21. The molecule has 22 heavy (non-hydrogen) atoms. The molecule has 2 fully saturated rings. The number of thioether (sulfide) groups is 1. The van der Waals surface area contributed by atoms with Crippen molar-refractivity contribution in [3.05, 3.63) is 0 Å². The smallest absolute Gasteiger partial charge is 0.346 e. The van der Waals surface area contributed by atoms with E-state index in [-0.39, 0.29) is 12.1 Å². The van der Waals surface area contributed by atoms with E-state index in [1.807, 2.05) is 0 Å². The van der Waals surface area contributed by atoms with Gasteiger partial charge in [0, 0.05) is 6.92 Å². The van der Waals surface area contributed by atoms with Gasteiger partial charge >= 0.3 is 11.9 Å². The van der Waals surface area contributed by atoms with Crippen LogP contribution < -0.4 is 0 Å². The summed E-state index contributed by atoms with van der Waals surface area (Å²) in [5, 5.41) is 0. The van der Waals surface area contributed by atoms with Crippen LogP contribution in [-0.4, -0.2) is 35.5 Å². The third-order valence-electron chi connectivity index (χ3n) is 4.38. The van der Waals surface area contributed by atoms with Crippen molar-refractivity contribution < 1.29 is 23.8 Å². The summed E-state index contributed by atoms with van der Waals surface area (Å²) in [6, 6.07) is 0. The molecule has 1 saturated heterocycles. The van der Waals surface area contributed by atoms with Crippen molar-refractivity contribution >= 4 is 23.7 Å². The lowest BCUT2D eigenvalue weighted by molar-refractivity contribution is -0.185. The van der Waals surface area contributed by atoms with Crippen LogP contribution in [-0.2, 0) is 23.8 Å². The normalized spacial score (nSPS) is 35.4. The van der Waals surface area contributed by atoms with Crippen molar-refractivity contribution in [2.24, 2.45) is 17.8 Å². The van der Waals surface area contributed by atoms with Gasteiger partial charge in [-0.15, -0.1) is 11.8 Å². The molecule has 0 aromatic carbocycles. The molecule has 0 aromatic rings. The van der Waals surface area contributed by atoms with Crippen LogP contribution in [0.25, 0.3) is 0 Å². The van der Waals surface area contributed by atoms with Gasteiger partial charge in [0.15, 0.2) is 0 Å². The summed E-state index contributed by atoms with van der Waals surface area (Å²) in [5.74, 6) is 1.21. The van der Waals surface area contributed by atoms with E-state index in [9.17, 15) is 9.59 Å². The maximum Gasteiger partial charge on any atom is 0.346 e. The summed E-state index contributed by atoms with van der Waals surface area (Å²) in [5.41, 5.74) is -0.686. The van der Waals surface area contributed by atoms with Gasteiger partial charge in [-0.25, -0.2) is 4.79 Å². The molecule has 0 bridgehead atoms. The number of ether oxygens (including phenoxy) is 3. The lowest BCUT2D eigenvalue weighted by Crippen LogP contribution is -2.38. The number of rotatable bonds is 4. The van der Waals surface area contributed by atoms with E-state index in [2.05, 4.69) is 20.8 Å². The third kappa shape index (κ3) is 4.62. The van der Waals surface area contributed by atoms with Crippen LogP contribution in [0.5, 0.6) is 0 Å². The van der Waals surface area contributed by atoms with Crippen molar-refractivity contribution in [3.8, 4) is 0 Å². The third-order valence-corrected chi connectivity index (χ3v) is 5.45. The highest BCUT2D eigenvalue weighted by Gasteiger charge is 2.39. The highest BCUT2D eigenvalue weighted by atomic mass is 32.2. The Morgan fingerprint density at radius 1 is 1.23 bits per heavy atom. The minimum absolute atomic E-state index is 0.0341. The van der Waals surface area contributed by atoms with Gasteiger partial charge < -0.3 is 14.2 Å². The summed E-state index contributed by atoms with van der Waals surface area (Å²) >= 11 is 1.33. The highest BCUT2D eigenvalue weighted by molar-refractivity contribution is 8.00. The maximum atomic E-state index is 12.3. The second kappa shape index (κ2) is 7.68. The molecule has 5 atom stereocenters. The molecule has 0 spiro atoms. The number of hydrogen-bond donors (Lipinski definition) is 0. The van der Waals surface area contributed by atoms with Gasteiger partial charge in [0.25, 0.3) is 0 Å². The number of carbonyl (C=O) groups is 2. The molecule has 0 aromatic heterocycles. The Morgan fingerprint density at radius 3 is 2.59 bits per heavy atom. The predicted molar refractivity (Wildman–Crippen MR) is 84.1 cm³/mol. The molecule has 1 aliphatic heterocycles. The Bertz CT molecular complexity index is 411. The first-order valence-electron chi connectivity index (χ1n) is 8.01. The van der Waals surface area contributed by atoms with Crippen molar-refractivity contribution in [1.29, 1.82) is 0 Å². The summed E-state index contributed by atoms with van der Waals surface area (Å²) < 4.78 is 16.2. The maximum absolute atomic E-state index is 12.3. The zero-order valence-corrected chi connectivity index (χ0v) is 14.6. The second-order valence-electron chi connectivity index (χ2n) is 6.64. The van der Waals surface area contributed by atoms with Crippen molar-refractivity contribution in [3.63, 3.8) is 0 Å². The zero-order valence-electron chi connectivity index (χ0n) is 13.7. The average molecular weight is 330 g/mol. The minimum atomic E-state index is -0.686. The standard InChI is InChI=1S/C16H26O5S/c1-9(2)12-6-5-10(3)7-13(12)20-15(18)16-21-14(8-22-16)19-11(4)17/h9-10,12-14,16H,5-8H2,1-4H3/t10-,12+,13-,14?,16?/m0/s1. The number of hydrogen-bond acceptors (Lipinski definition) is 6. The topological polar surface area (TPSA) is 61.8 Å². The Hall–Kier alpha value is -0.750. The van der Waals surface area contributed by atoms with Crippen LogP contribution >= 0.6 is 11.8 Å². The Labute approximate surface area is 136 Å². The molecule has 5 nitrogen and oxygen atoms in total. The van der Waals surface area contributed by atoms with E-state index in [4.69, 9.17) is 14.2 Å². The van der Waals surface area contributed by atoms with Gasteiger partial charge in [-0.1, -0.05) is 27.2 Å². The minimum Gasteiger partial charge on any atom is -0.459 e. The Kier molecular flexibility index (Phi) is 6.15. The van der Waals surface area contributed by atoms with Crippen LogP contribution in [0.4, 0.5) is 0 Å². The van der Waals surface area contributed by atoms with E-state index in [1.165, 1.54) is 25.1 Å². The monoisotopic (exact) mass is 330 g/mol. The molecule has 1 aliphatic carbocycles. The van der Waals surface area contributed by atoms with Gasteiger partial charge in [0.1, 0.15) is 6.10 Å². The SMILES string of the molecule is CC(=O)OC1CSC(C(=O)O[C@H]2C[C@@H](C)CC[C@@H]2C(C)C)O1. The van der Waals surface area contributed by atoms with Crippen LogP contribution in [0.15, 0.2) is 0 Å². The fraction of sp³-hybridized carbons (Fsp3) is 0.875. The van der Waals surface area contributed by atoms with E-state index < -0.39 is 17.7 Å².